The molecular weight excluding hydrogens is 350 g/mol. The van der Waals surface area contributed by atoms with Crippen molar-refractivity contribution in [3.05, 3.63) is 23.0 Å². The minimum Gasteiger partial charge on any atom is -0.439 e. The Balaban J connectivity index is 2.71. The molecule has 0 radical (unpaired) electrons. The quantitative estimate of drug-likeness (QED) is 0.778. The fourth-order valence-corrected chi connectivity index (χ4v) is 4.18. The lowest BCUT2D eigenvalue weighted by Crippen LogP contribution is -2.37. The van der Waals surface area contributed by atoms with Gasteiger partial charge in [-0.05, 0) is 32.9 Å². The summed E-state index contributed by atoms with van der Waals surface area (Å²) < 4.78 is 36.4. The molecule has 24 heavy (non-hydrogen) atoms. The molecule has 0 bridgehead atoms. The SMILES string of the molecule is CCOCC(C)(C)S(=O)(=O)c1c(Cl)ccc2nc(C(C)(C)C)oc12. The summed E-state index contributed by atoms with van der Waals surface area (Å²) in [4.78, 5) is 4.40. The van der Waals surface area contributed by atoms with Crippen LogP contribution in [0.3, 0.4) is 0 Å². The zero-order valence-electron chi connectivity index (χ0n) is 14.9. The second-order valence-corrected chi connectivity index (χ2v) is 10.3. The van der Waals surface area contributed by atoms with Crippen molar-refractivity contribution in [2.75, 3.05) is 13.2 Å². The maximum absolute atomic E-state index is 13.2. The molecule has 0 unspecified atom stereocenters. The van der Waals surface area contributed by atoms with Crippen LogP contribution in [0.1, 0.15) is 47.4 Å². The minimum atomic E-state index is -3.79. The van der Waals surface area contributed by atoms with Gasteiger partial charge in [-0.15, -0.1) is 0 Å². The van der Waals surface area contributed by atoms with Crippen molar-refractivity contribution in [1.29, 1.82) is 0 Å². The summed E-state index contributed by atoms with van der Waals surface area (Å²) >= 11 is 6.24. The van der Waals surface area contributed by atoms with Gasteiger partial charge in [-0.1, -0.05) is 32.4 Å². The molecule has 1 aromatic heterocycles. The average molecular weight is 374 g/mol. The summed E-state index contributed by atoms with van der Waals surface area (Å²) in [5.41, 5.74) is 0.347. The van der Waals surface area contributed by atoms with Crippen LogP contribution in [0.5, 0.6) is 0 Å². The summed E-state index contributed by atoms with van der Waals surface area (Å²) in [6, 6.07) is 3.22. The predicted molar refractivity (Wildman–Crippen MR) is 95.5 cm³/mol. The van der Waals surface area contributed by atoms with Crippen molar-refractivity contribution >= 4 is 32.5 Å². The van der Waals surface area contributed by atoms with E-state index in [4.69, 9.17) is 20.8 Å². The van der Waals surface area contributed by atoms with Crippen LogP contribution in [0, 0.1) is 0 Å². The molecule has 0 N–H and O–H groups in total. The van der Waals surface area contributed by atoms with E-state index in [1.54, 1.807) is 26.0 Å². The Bertz CT molecular complexity index is 847. The van der Waals surface area contributed by atoms with Crippen LogP contribution in [0.15, 0.2) is 21.4 Å². The number of ether oxygens (including phenoxy) is 1. The molecule has 5 nitrogen and oxygen atoms in total. The summed E-state index contributed by atoms with van der Waals surface area (Å²) in [5, 5.41) is 0.128. The third-order valence-electron chi connectivity index (χ3n) is 3.76. The van der Waals surface area contributed by atoms with Crippen molar-refractivity contribution in [2.45, 2.75) is 56.6 Å². The summed E-state index contributed by atoms with van der Waals surface area (Å²) in [6.45, 7) is 11.4. The molecule has 0 fully saturated rings. The highest BCUT2D eigenvalue weighted by Crippen LogP contribution is 2.38. The van der Waals surface area contributed by atoms with Crippen LogP contribution in [0.4, 0.5) is 0 Å². The predicted octanol–water partition coefficient (Wildman–Crippen LogP) is 4.37. The molecule has 2 rings (SSSR count). The van der Waals surface area contributed by atoms with E-state index in [9.17, 15) is 8.42 Å². The Morgan fingerprint density at radius 3 is 2.38 bits per heavy atom. The lowest BCUT2D eigenvalue weighted by atomic mass is 9.97. The highest BCUT2D eigenvalue weighted by molar-refractivity contribution is 7.93. The van der Waals surface area contributed by atoms with Gasteiger partial charge in [0.1, 0.15) is 10.4 Å². The molecule has 0 aliphatic rings. The fraction of sp³-hybridized carbons (Fsp3) is 0.588. The normalized spacial score (nSPS) is 13.6. The van der Waals surface area contributed by atoms with E-state index in [-0.39, 0.29) is 27.5 Å². The zero-order chi connectivity index (χ0) is 18.3. The van der Waals surface area contributed by atoms with E-state index in [1.807, 2.05) is 27.7 Å². The van der Waals surface area contributed by atoms with Gasteiger partial charge in [-0.25, -0.2) is 13.4 Å². The lowest BCUT2D eigenvalue weighted by molar-refractivity contribution is 0.129. The van der Waals surface area contributed by atoms with Gasteiger partial charge in [0.25, 0.3) is 0 Å². The number of halogens is 1. The largest absolute Gasteiger partial charge is 0.439 e. The number of oxazole rings is 1. The topological polar surface area (TPSA) is 69.4 Å². The van der Waals surface area contributed by atoms with Crippen molar-refractivity contribution in [2.24, 2.45) is 0 Å². The first kappa shape index (κ1) is 19.2. The minimum absolute atomic E-state index is 0.0191. The lowest BCUT2D eigenvalue weighted by Gasteiger charge is -2.24. The van der Waals surface area contributed by atoms with Gasteiger partial charge < -0.3 is 9.15 Å². The smallest absolute Gasteiger partial charge is 0.200 e. The van der Waals surface area contributed by atoms with Crippen LogP contribution in [0.25, 0.3) is 11.1 Å². The molecule has 0 amide bonds. The van der Waals surface area contributed by atoms with Crippen LogP contribution >= 0.6 is 11.6 Å². The van der Waals surface area contributed by atoms with Gasteiger partial charge in [0.2, 0.25) is 5.89 Å². The molecule has 1 aromatic carbocycles. The number of nitrogens with zero attached hydrogens (tertiary/aromatic N) is 1. The van der Waals surface area contributed by atoms with Crippen molar-refractivity contribution < 1.29 is 17.6 Å². The first-order valence-electron chi connectivity index (χ1n) is 7.83. The summed E-state index contributed by atoms with van der Waals surface area (Å²) in [5.74, 6) is 0.471. The Morgan fingerprint density at radius 2 is 1.83 bits per heavy atom. The summed E-state index contributed by atoms with van der Waals surface area (Å²) in [7, 11) is -3.79. The third kappa shape index (κ3) is 3.32. The van der Waals surface area contributed by atoms with Gasteiger partial charge in [-0.2, -0.15) is 0 Å². The number of hydrogen-bond acceptors (Lipinski definition) is 5. The van der Waals surface area contributed by atoms with E-state index in [2.05, 4.69) is 4.98 Å². The Morgan fingerprint density at radius 1 is 1.21 bits per heavy atom. The molecule has 0 atom stereocenters. The van der Waals surface area contributed by atoms with Crippen LogP contribution < -0.4 is 0 Å². The number of benzene rings is 1. The first-order chi connectivity index (χ1) is 10.9. The van der Waals surface area contributed by atoms with Crippen LogP contribution in [-0.4, -0.2) is 31.4 Å². The van der Waals surface area contributed by atoms with Gasteiger partial charge in [-0.3, -0.25) is 0 Å². The molecule has 0 spiro atoms. The molecular formula is C17H24ClNO4S. The third-order valence-corrected chi connectivity index (χ3v) is 6.70. The number of aromatic nitrogens is 1. The number of hydrogen-bond donors (Lipinski definition) is 0. The van der Waals surface area contributed by atoms with E-state index in [1.165, 1.54) is 0 Å². The Hall–Kier alpha value is -1.11. The molecule has 0 saturated heterocycles. The Labute approximate surface area is 148 Å². The maximum Gasteiger partial charge on any atom is 0.200 e. The summed E-state index contributed by atoms with van der Waals surface area (Å²) in [6.07, 6.45) is 0. The van der Waals surface area contributed by atoms with E-state index in [0.29, 0.717) is 18.0 Å². The van der Waals surface area contributed by atoms with Crippen LogP contribution in [-0.2, 0) is 20.0 Å². The maximum atomic E-state index is 13.2. The van der Waals surface area contributed by atoms with Gasteiger partial charge in [0.05, 0.1) is 16.4 Å². The number of sulfone groups is 1. The molecule has 0 saturated carbocycles. The number of rotatable bonds is 5. The standard InChI is InChI=1S/C17H24ClNO4S/c1-7-22-10-17(5,6)24(20,21)14-11(18)8-9-12-13(14)23-15(19-12)16(2,3)4/h8-9H,7,10H2,1-6H3. The van der Waals surface area contributed by atoms with Crippen molar-refractivity contribution in [3.63, 3.8) is 0 Å². The highest BCUT2D eigenvalue weighted by atomic mass is 35.5. The molecule has 134 valence electrons. The van der Waals surface area contributed by atoms with Gasteiger partial charge in [0.15, 0.2) is 15.4 Å². The monoisotopic (exact) mass is 373 g/mol. The van der Waals surface area contributed by atoms with Gasteiger partial charge >= 0.3 is 0 Å². The molecule has 7 heteroatoms. The van der Waals surface area contributed by atoms with E-state index in [0.717, 1.165) is 0 Å². The molecule has 0 aliphatic carbocycles. The molecule has 0 aliphatic heterocycles. The van der Waals surface area contributed by atoms with E-state index >= 15 is 0 Å². The zero-order valence-corrected chi connectivity index (χ0v) is 16.5. The second-order valence-electron chi connectivity index (χ2n) is 7.39. The van der Waals surface area contributed by atoms with Crippen molar-refractivity contribution in [3.8, 4) is 0 Å². The number of fused-ring (bicyclic) bond motifs is 1. The van der Waals surface area contributed by atoms with Crippen LogP contribution in [0.2, 0.25) is 5.02 Å². The van der Waals surface area contributed by atoms with Crippen molar-refractivity contribution in [1.82, 2.24) is 4.98 Å². The second kappa shape index (κ2) is 6.32. The first-order valence-corrected chi connectivity index (χ1v) is 9.70. The van der Waals surface area contributed by atoms with Gasteiger partial charge in [0, 0.05) is 12.0 Å². The fourth-order valence-electron chi connectivity index (χ4n) is 2.22. The van der Waals surface area contributed by atoms with E-state index < -0.39 is 14.6 Å². The molecule has 2 aromatic rings. The molecule has 1 heterocycles. The average Bonchev–Trinajstić information content (AvgIpc) is 2.88. The highest BCUT2D eigenvalue weighted by Gasteiger charge is 2.40. The Kier molecular flexibility index (Phi) is 5.06.